The number of nitrogens with zero attached hydrogens (tertiary/aromatic N) is 3. The van der Waals surface area contributed by atoms with Gasteiger partial charge in [-0.3, -0.25) is 0 Å². The molecule has 0 unspecified atom stereocenters. The first-order valence-electron chi connectivity index (χ1n) is 5.77. The van der Waals surface area contributed by atoms with Gasteiger partial charge in [-0.2, -0.15) is 5.10 Å². The summed E-state index contributed by atoms with van der Waals surface area (Å²) in [5.74, 6) is 0.0488. The summed E-state index contributed by atoms with van der Waals surface area (Å²) in [4.78, 5) is 0. The maximum absolute atomic E-state index is 8.93. The van der Waals surface area contributed by atoms with Gasteiger partial charge in [0.25, 0.3) is 0 Å². The maximum Gasteiger partial charge on any atom is 0.173 e. The highest BCUT2D eigenvalue weighted by Gasteiger charge is 2.16. The van der Waals surface area contributed by atoms with Crippen LogP contribution in [0.15, 0.2) is 27.8 Å². The van der Waals surface area contributed by atoms with E-state index in [9.17, 15) is 0 Å². The zero-order chi connectivity index (χ0) is 14.2. The van der Waals surface area contributed by atoms with Gasteiger partial charge in [-0.1, -0.05) is 11.2 Å². The Morgan fingerprint density at radius 2 is 2.05 bits per heavy atom. The van der Waals surface area contributed by atoms with Crippen LogP contribution in [0.5, 0.6) is 0 Å². The van der Waals surface area contributed by atoms with E-state index in [1.54, 1.807) is 0 Å². The molecule has 1 aromatic heterocycles. The van der Waals surface area contributed by atoms with Crippen LogP contribution in [0.25, 0.3) is 5.69 Å². The van der Waals surface area contributed by atoms with Gasteiger partial charge < -0.3 is 10.9 Å². The molecule has 2 rings (SSSR count). The minimum absolute atomic E-state index is 0.0488. The normalized spacial score (nSPS) is 11.9. The lowest BCUT2D eigenvalue weighted by atomic mass is 10.1. The van der Waals surface area contributed by atoms with Crippen LogP contribution in [0, 0.1) is 20.8 Å². The third-order valence-corrected chi connectivity index (χ3v) is 3.90. The molecule has 6 heteroatoms. The van der Waals surface area contributed by atoms with Gasteiger partial charge in [0.15, 0.2) is 5.84 Å². The highest BCUT2D eigenvalue weighted by molar-refractivity contribution is 9.10. The van der Waals surface area contributed by atoms with E-state index in [1.165, 1.54) is 0 Å². The SMILES string of the molecule is Cc1nn(-c2cccc(Br)c2/C(N)=N/O)c(C)c1C. The number of nitrogens with two attached hydrogens (primary N) is 1. The largest absolute Gasteiger partial charge is 0.409 e. The topological polar surface area (TPSA) is 76.4 Å². The quantitative estimate of drug-likeness (QED) is 0.386. The summed E-state index contributed by atoms with van der Waals surface area (Å²) in [7, 11) is 0. The third-order valence-electron chi connectivity index (χ3n) is 3.24. The molecule has 100 valence electrons. The number of hydrogen-bond donors (Lipinski definition) is 2. The first kappa shape index (κ1) is 13.6. The number of aromatic nitrogens is 2. The molecule has 0 saturated heterocycles. The summed E-state index contributed by atoms with van der Waals surface area (Å²) < 4.78 is 2.56. The summed E-state index contributed by atoms with van der Waals surface area (Å²) in [5, 5.41) is 16.5. The van der Waals surface area contributed by atoms with Crippen molar-refractivity contribution in [1.29, 1.82) is 0 Å². The Balaban J connectivity index is 2.76. The van der Waals surface area contributed by atoms with Crippen molar-refractivity contribution in [2.75, 3.05) is 0 Å². The fourth-order valence-corrected chi connectivity index (χ4v) is 2.51. The van der Waals surface area contributed by atoms with Crippen LogP contribution in [0.4, 0.5) is 0 Å². The molecule has 0 atom stereocenters. The lowest BCUT2D eigenvalue weighted by Gasteiger charge is -2.12. The van der Waals surface area contributed by atoms with Gasteiger partial charge in [0, 0.05) is 10.2 Å². The Labute approximate surface area is 119 Å². The van der Waals surface area contributed by atoms with E-state index < -0.39 is 0 Å². The first-order chi connectivity index (χ1) is 8.97. The molecule has 0 saturated carbocycles. The standard InChI is InChI=1S/C13H15BrN4O/c1-7-8(2)16-18(9(7)3)11-6-4-5-10(14)12(11)13(15)17-19/h4-6,19H,1-3H3,(H2,15,17). The van der Waals surface area contributed by atoms with Crippen LogP contribution >= 0.6 is 15.9 Å². The molecule has 0 aliphatic rings. The van der Waals surface area contributed by atoms with E-state index in [0.717, 1.165) is 27.1 Å². The third kappa shape index (κ3) is 2.23. The summed E-state index contributed by atoms with van der Waals surface area (Å²) >= 11 is 3.42. The molecule has 0 spiro atoms. The molecule has 19 heavy (non-hydrogen) atoms. The number of oxime groups is 1. The second-order valence-electron chi connectivity index (χ2n) is 4.33. The molecule has 1 heterocycles. The predicted molar refractivity (Wildman–Crippen MR) is 78.0 cm³/mol. The Kier molecular flexibility index (Phi) is 3.61. The van der Waals surface area contributed by atoms with E-state index >= 15 is 0 Å². The molecule has 5 nitrogen and oxygen atoms in total. The molecule has 2 aromatic rings. The van der Waals surface area contributed by atoms with Gasteiger partial charge in [0.1, 0.15) is 0 Å². The van der Waals surface area contributed by atoms with Crippen molar-refractivity contribution in [3.8, 4) is 5.69 Å². The summed E-state index contributed by atoms with van der Waals surface area (Å²) in [6.45, 7) is 5.97. The molecule has 0 bridgehead atoms. The highest BCUT2D eigenvalue weighted by atomic mass is 79.9. The van der Waals surface area contributed by atoms with Gasteiger partial charge in [0.05, 0.1) is 16.9 Å². The van der Waals surface area contributed by atoms with Gasteiger partial charge in [-0.25, -0.2) is 4.68 Å². The van der Waals surface area contributed by atoms with E-state index in [1.807, 2.05) is 43.7 Å². The predicted octanol–water partition coefficient (Wildman–Crippen LogP) is 2.65. The van der Waals surface area contributed by atoms with Crippen molar-refractivity contribution >= 4 is 21.8 Å². The zero-order valence-corrected chi connectivity index (χ0v) is 12.6. The van der Waals surface area contributed by atoms with Crippen molar-refractivity contribution in [2.24, 2.45) is 10.9 Å². The molecule has 0 radical (unpaired) electrons. The summed E-state index contributed by atoms with van der Waals surface area (Å²) in [6.07, 6.45) is 0. The molecule has 0 amide bonds. The van der Waals surface area contributed by atoms with Crippen molar-refractivity contribution in [1.82, 2.24) is 9.78 Å². The molecule has 1 aromatic carbocycles. The second-order valence-corrected chi connectivity index (χ2v) is 5.18. The van der Waals surface area contributed by atoms with Gasteiger partial charge in [-0.05, 0) is 54.4 Å². The fourth-order valence-electron chi connectivity index (χ4n) is 1.95. The average Bonchev–Trinajstić information content (AvgIpc) is 2.65. The minimum atomic E-state index is 0.0488. The first-order valence-corrected chi connectivity index (χ1v) is 6.56. The van der Waals surface area contributed by atoms with Crippen LogP contribution < -0.4 is 5.73 Å². The summed E-state index contributed by atoms with van der Waals surface area (Å²) in [6, 6.07) is 5.62. The molecule has 0 aliphatic carbocycles. The Morgan fingerprint density at radius 1 is 1.37 bits per heavy atom. The van der Waals surface area contributed by atoms with Gasteiger partial charge in [0.2, 0.25) is 0 Å². The Bertz CT molecular complexity index is 661. The van der Waals surface area contributed by atoms with Crippen LogP contribution in [0.3, 0.4) is 0 Å². The van der Waals surface area contributed by atoms with Crippen LogP contribution in [-0.4, -0.2) is 20.8 Å². The van der Waals surface area contributed by atoms with Crippen molar-refractivity contribution in [2.45, 2.75) is 20.8 Å². The van der Waals surface area contributed by atoms with Crippen molar-refractivity contribution in [3.63, 3.8) is 0 Å². The smallest absolute Gasteiger partial charge is 0.173 e. The van der Waals surface area contributed by atoms with Gasteiger partial charge in [-0.15, -0.1) is 0 Å². The molecular weight excluding hydrogens is 308 g/mol. The van der Waals surface area contributed by atoms with E-state index in [-0.39, 0.29) is 5.84 Å². The van der Waals surface area contributed by atoms with Crippen molar-refractivity contribution in [3.05, 3.63) is 45.2 Å². The number of halogens is 1. The molecular formula is C13H15BrN4O. The Morgan fingerprint density at radius 3 is 2.58 bits per heavy atom. The lowest BCUT2D eigenvalue weighted by molar-refractivity contribution is 0.318. The molecule has 0 aliphatic heterocycles. The number of hydrogen-bond acceptors (Lipinski definition) is 3. The minimum Gasteiger partial charge on any atom is -0.409 e. The average molecular weight is 323 g/mol. The zero-order valence-electron chi connectivity index (χ0n) is 11.0. The maximum atomic E-state index is 8.93. The summed E-state index contributed by atoms with van der Waals surface area (Å²) in [5.41, 5.74) is 10.3. The van der Waals surface area contributed by atoms with Crippen molar-refractivity contribution < 1.29 is 5.21 Å². The Hall–Kier alpha value is -1.82. The van der Waals surface area contributed by atoms with Crippen LogP contribution in [0.1, 0.15) is 22.5 Å². The monoisotopic (exact) mass is 322 g/mol. The highest BCUT2D eigenvalue weighted by Crippen LogP contribution is 2.25. The number of benzene rings is 1. The van der Waals surface area contributed by atoms with E-state index in [2.05, 4.69) is 26.2 Å². The molecule has 3 N–H and O–H groups in total. The van der Waals surface area contributed by atoms with E-state index in [0.29, 0.717) is 5.56 Å². The number of aryl methyl sites for hydroxylation is 1. The lowest BCUT2D eigenvalue weighted by Crippen LogP contribution is -2.18. The molecule has 0 fully saturated rings. The number of amidine groups is 1. The fraction of sp³-hybridized carbons (Fsp3) is 0.231. The van der Waals surface area contributed by atoms with Crippen LogP contribution in [0.2, 0.25) is 0 Å². The van der Waals surface area contributed by atoms with Gasteiger partial charge >= 0.3 is 0 Å². The van der Waals surface area contributed by atoms with Crippen LogP contribution in [-0.2, 0) is 0 Å². The number of rotatable bonds is 2. The second kappa shape index (κ2) is 5.05. The van der Waals surface area contributed by atoms with E-state index in [4.69, 9.17) is 10.9 Å².